The van der Waals surface area contributed by atoms with E-state index in [1.54, 1.807) is 18.0 Å². The zero-order valence-corrected chi connectivity index (χ0v) is 10.8. The number of imidazole rings is 1. The summed E-state index contributed by atoms with van der Waals surface area (Å²) in [6.07, 6.45) is 5.63. The minimum Gasteiger partial charge on any atom is -0.390 e. The number of aryl methyl sites for hydroxylation is 1. The Labute approximate surface area is 104 Å². The van der Waals surface area contributed by atoms with Crippen molar-refractivity contribution < 1.29 is 5.11 Å². The fourth-order valence-corrected chi connectivity index (χ4v) is 2.39. The highest BCUT2D eigenvalue weighted by atomic mass is 32.2. The summed E-state index contributed by atoms with van der Waals surface area (Å²) in [5.74, 6) is 0.843. The molecule has 0 aliphatic rings. The average Bonchev–Trinajstić information content (AvgIpc) is 2.93. The number of nitrogens with zero attached hydrogens (tertiary/aromatic N) is 4. The van der Waals surface area contributed by atoms with Crippen LogP contribution in [0.25, 0.3) is 0 Å². The number of hydrogen-bond acceptors (Lipinski definition) is 4. The van der Waals surface area contributed by atoms with E-state index in [1.165, 1.54) is 5.56 Å². The molecule has 0 amide bonds. The van der Waals surface area contributed by atoms with Crippen LogP contribution in [0.15, 0.2) is 23.7 Å². The molecule has 0 spiro atoms. The topological polar surface area (TPSA) is 55.9 Å². The molecule has 0 aromatic carbocycles. The van der Waals surface area contributed by atoms with Crippen molar-refractivity contribution >= 4 is 11.8 Å². The molecule has 5 nitrogen and oxygen atoms in total. The van der Waals surface area contributed by atoms with Gasteiger partial charge in [0.15, 0.2) is 5.16 Å². The summed E-state index contributed by atoms with van der Waals surface area (Å²) in [7, 11) is 1.91. The summed E-state index contributed by atoms with van der Waals surface area (Å²) in [6, 6.07) is 0. The molecule has 2 aromatic rings. The van der Waals surface area contributed by atoms with Crippen molar-refractivity contribution in [1.82, 2.24) is 19.3 Å². The van der Waals surface area contributed by atoms with E-state index in [0.717, 1.165) is 23.1 Å². The molecule has 2 rings (SSSR count). The van der Waals surface area contributed by atoms with Crippen LogP contribution in [-0.4, -0.2) is 24.4 Å². The van der Waals surface area contributed by atoms with Crippen molar-refractivity contribution in [2.75, 3.05) is 0 Å². The van der Waals surface area contributed by atoms with Crippen LogP contribution in [0, 0.1) is 0 Å². The molecule has 2 aromatic heterocycles. The van der Waals surface area contributed by atoms with Gasteiger partial charge in [-0.2, -0.15) is 5.10 Å². The van der Waals surface area contributed by atoms with Crippen LogP contribution in [0.3, 0.4) is 0 Å². The van der Waals surface area contributed by atoms with Crippen molar-refractivity contribution in [1.29, 1.82) is 0 Å². The Morgan fingerprint density at radius 2 is 2.24 bits per heavy atom. The fraction of sp³-hybridized carbons (Fsp3) is 0.455. The van der Waals surface area contributed by atoms with Gasteiger partial charge in [0.1, 0.15) is 0 Å². The quantitative estimate of drug-likeness (QED) is 0.818. The summed E-state index contributed by atoms with van der Waals surface area (Å²) < 4.78 is 3.82. The molecule has 6 heteroatoms. The number of rotatable bonds is 5. The van der Waals surface area contributed by atoms with E-state index < -0.39 is 0 Å². The third kappa shape index (κ3) is 2.70. The molecule has 0 unspecified atom stereocenters. The van der Waals surface area contributed by atoms with Crippen molar-refractivity contribution in [3.63, 3.8) is 0 Å². The zero-order valence-electron chi connectivity index (χ0n) is 10.00. The number of aromatic nitrogens is 4. The van der Waals surface area contributed by atoms with E-state index in [0.29, 0.717) is 0 Å². The maximum Gasteiger partial charge on any atom is 0.168 e. The number of thioether (sulfide) groups is 1. The Morgan fingerprint density at radius 1 is 1.41 bits per heavy atom. The number of aliphatic hydroxyl groups is 1. The normalized spacial score (nSPS) is 11.0. The monoisotopic (exact) mass is 252 g/mol. The van der Waals surface area contributed by atoms with Gasteiger partial charge >= 0.3 is 0 Å². The second-order valence-electron chi connectivity index (χ2n) is 3.74. The third-order valence-electron chi connectivity index (χ3n) is 2.58. The first-order valence-electron chi connectivity index (χ1n) is 5.50. The van der Waals surface area contributed by atoms with Gasteiger partial charge in [0, 0.05) is 31.1 Å². The van der Waals surface area contributed by atoms with Gasteiger partial charge in [-0.3, -0.25) is 4.68 Å². The minimum absolute atomic E-state index is 0.0256. The van der Waals surface area contributed by atoms with Crippen LogP contribution in [0.1, 0.15) is 18.2 Å². The van der Waals surface area contributed by atoms with E-state index in [-0.39, 0.29) is 6.61 Å². The van der Waals surface area contributed by atoms with Gasteiger partial charge in [-0.1, -0.05) is 11.8 Å². The maximum atomic E-state index is 9.07. The van der Waals surface area contributed by atoms with Gasteiger partial charge in [0.2, 0.25) is 0 Å². The molecule has 17 heavy (non-hydrogen) atoms. The molecule has 0 saturated carbocycles. The predicted molar refractivity (Wildman–Crippen MR) is 66.6 cm³/mol. The Hall–Kier alpha value is -1.27. The lowest BCUT2D eigenvalue weighted by molar-refractivity contribution is 0.271. The minimum atomic E-state index is 0.0256. The van der Waals surface area contributed by atoms with Gasteiger partial charge in [-0.15, -0.1) is 0 Å². The molecule has 0 aliphatic heterocycles. The Morgan fingerprint density at radius 3 is 2.82 bits per heavy atom. The summed E-state index contributed by atoms with van der Waals surface area (Å²) in [4.78, 5) is 4.27. The second-order valence-corrected chi connectivity index (χ2v) is 4.68. The smallest absolute Gasteiger partial charge is 0.168 e. The average molecular weight is 252 g/mol. The van der Waals surface area contributed by atoms with E-state index in [9.17, 15) is 0 Å². The molecule has 92 valence electrons. The Bertz CT molecular complexity index is 491. The van der Waals surface area contributed by atoms with Crippen molar-refractivity contribution in [2.24, 2.45) is 7.05 Å². The van der Waals surface area contributed by atoms with Crippen LogP contribution >= 0.6 is 11.8 Å². The maximum absolute atomic E-state index is 9.07. The Kier molecular flexibility index (Phi) is 3.86. The first-order valence-corrected chi connectivity index (χ1v) is 6.48. The highest BCUT2D eigenvalue weighted by molar-refractivity contribution is 7.98. The molecule has 0 saturated heterocycles. The molecule has 0 radical (unpaired) electrons. The highest BCUT2D eigenvalue weighted by Crippen LogP contribution is 2.21. The molecule has 0 bridgehead atoms. The van der Waals surface area contributed by atoms with Crippen LogP contribution in [0.4, 0.5) is 0 Å². The molecule has 0 atom stereocenters. The summed E-state index contributed by atoms with van der Waals surface area (Å²) in [5, 5.41) is 14.2. The molecule has 0 aliphatic carbocycles. The van der Waals surface area contributed by atoms with E-state index in [2.05, 4.69) is 17.0 Å². The van der Waals surface area contributed by atoms with Crippen molar-refractivity contribution in [3.8, 4) is 0 Å². The Balaban J connectivity index is 1.99. The standard InChI is InChI=1S/C11H16N4OS/c1-3-15-6-9(4-13-15)8-17-11-12-5-10(7-16)14(11)2/h4-6,16H,3,7-8H2,1-2H3. The molecular formula is C11H16N4OS. The summed E-state index contributed by atoms with van der Waals surface area (Å²) in [6.45, 7) is 2.98. The van der Waals surface area contributed by atoms with Gasteiger partial charge < -0.3 is 9.67 Å². The number of hydrogen-bond donors (Lipinski definition) is 1. The van der Waals surface area contributed by atoms with E-state index in [4.69, 9.17) is 5.11 Å². The lowest BCUT2D eigenvalue weighted by Gasteiger charge is -2.02. The summed E-state index contributed by atoms with van der Waals surface area (Å²) in [5.41, 5.74) is 2.02. The van der Waals surface area contributed by atoms with Gasteiger partial charge in [-0.05, 0) is 6.92 Å². The van der Waals surface area contributed by atoms with Crippen LogP contribution < -0.4 is 0 Å². The molecule has 0 fully saturated rings. The second kappa shape index (κ2) is 5.37. The molecular weight excluding hydrogens is 236 g/mol. The SMILES string of the molecule is CCn1cc(CSc2ncc(CO)n2C)cn1. The highest BCUT2D eigenvalue weighted by Gasteiger charge is 2.07. The van der Waals surface area contributed by atoms with Crippen molar-refractivity contribution in [2.45, 2.75) is 31.0 Å². The third-order valence-corrected chi connectivity index (χ3v) is 3.70. The van der Waals surface area contributed by atoms with E-state index >= 15 is 0 Å². The van der Waals surface area contributed by atoms with E-state index in [1.807, 2.05) is 28.7 Å². The zero-order chi connectivity index (χ0) is 12.3. The first kappa shape index (κ1) is 12.2. The molecule has 1 N–H and O–H groups in total. The first-order chi connectivity index (χ1) is 8.24. The van der Waals surface area contributed by atoms with Crippen LogP contribution in [0.2, 0.25) is 0 Å². The largest absolute Gasteiger partial charge is 0.390 e. The van der Waals surface area contributed by atoms with Gasteiger partial charge in [0.25, 0.3) is 0 Å². The fourth-order valence-electron chi connectivity index (χ4n) is 1.51. The lowest BCUT2D eigenvalue weighted by atomic mass is 10.4. The van der Waals surface area contributed by atoms with Gasteiger partial charge in [0.05, 0.1) is 24.7 Å². The summed E-state index contributed by atoms with van der Waals surface area (Å²) >= 11 is 1.65. The lowest BCUT2D eigenvalue weighted by Crippen LogP contribution is -1.97. The number of aliphatic hydroxyl groups excluding tert-OH is 1. The predicted octanol–water partition coefficient (Wildman–Crippen LogP) is 1.42. The van der Waals surface area contributed by atoms with Gasteiger partial charge in [-0.25, -0.2) is 4.98 Å². The molecule has 2 heterocycles. The van der Waals surface area contributed by atoms with Crippen LogP contribution in [0.5, 0.6) is 0 Å². The van der Waals surface area contributed by atoms with Crippen LogP contribution in [-0.2, 0) is 26.0 Å². The van der Waals surface area contributed by atoms with Crippen molar-refractivity contribution in [3.05, 3.63) is 29.8 Å².